The standard InChI is InChI=1S/C22H27NO3/c1-17-13-14-18(2)23(17)15-16-26-21(24)22(25,19-9-5-3-6-10-19)20-11-7-4-8-12-20/h3-12,17-18,25H,13-16H2,1-2H3. The van der Waals surface area contributed by atoms with Crippen molar-refractivity contribution in [2.24, 2.45) is 0 Å². The van der Waals surface area contributed by atoms with Crippen LogP contribution in [-0.2, 0) is 15.1 Å². The molecular formula is C22H27NO3. The van der Waals surface area contributed by atoms with Crippen LogP contribution in [0, 0.1) is 0 Å². The van der Waals surface area contributed by atoms with Crippen LogP contribution in [0.1, 0.15) is 37.8 Å². The molecule has 0 aromatic heterocycles. The lowest BCUT2D eigenvalue weighted by Gasteiger charge is -2.29. The maximum atomic E-state index is 12.9. The zero-order chi connectivity index (χ0) is 18.6. The molecule has 4 nitrogen and oxygen atoms in total. The fourth-order valence-corrected chi connectivity index (χ4v) is 3.80. The highest BCUT2D eigenvalue weighted by Gasteiger charge is 2.41. The third kappa shape index (κ3) is 3.67. The number of aliphatic hydroxyl groups is 1. The molecule has 3 rings (SSSR count). The highest BCUT2D eigenvalue weighted by Crippen LogP contribution is 2.31. The Morgan fingerprint density at radius 3 is 1.92 bits per heavy atom. The third-order valence-electron chi connectivity index (χ3n) is 5.40. The second kappa shape index (κ2) is 8.02. The summed E-state index contributed by atoms with van der Waals surface area (Å²) >= 11 is 0. The molecule has 2 aromatic carbocycles. The number of benzene rings is 2. The molecule has 26 heavy (non-hydrogen) atoms. The first-order valence-corrected chi connectivity index (χ1v) is 9.30. The molecule has 2 unspecified atom stereocenters. The molecule has 2 aromatic rings. The van der Waals surface area contributed by atoms with Gasteiger partial charge in [-0.05, 0) is 37.8 Å². The van der Waals surface area contributed by atoms with Crippen molar-refractivity contribution in [3.63, 3.8) is 0 Å². The molecule has 0 saturated carbocycles. The van der Waals surface area contributed by atoms with Gasteiger partial charge < -0.3 is 9.84 Å². The SMILES string of the molecule is CC1CCC(C)N1CCOC(=O)C(O)(c1ccccc1)c1ccccc1. The molecule has 2 atom stereocenters. The van der Waals surface area contributed by atoms with Crippen LogP contribution in [0.4, 0.5) is 0 Å². The van der Waals surface area contributed by atoms with Gasteiger partial charge in [0, 0.05) is 18.6 Å². The Morgan fingerprint density at radius 1 is 1.00 bits per heavy atom. The molecule has 0 bridgehead atoms. The summed E-state index contributed by atoms with van der Waals surface area (Å²) in [5.74, 6) is -0.630. The van der Waals surface area contributed by atoms with Crippen molar-refractivity contribution in [2.45, 2.75) is 44.4 Å². The van der Waals surface area contributed by atoms with Gasteiger partial charge in [0.15, 0.2) is 0 Å². The van der Waals surface area contributed by atoms with Crippen molar-refractivity contribution in [2.75, 3.05) is 13.2 Å². The fourth-order valence-electron chi connectivity index (χ4n) is 3.80. The Morgan fingerprint density at radius 2 is 1.46 bits per heavy atom. The van der Waals surface area contributed by atoms with Gasteiger partial charge in [-0.3, -0.25) is 4.90 Å². The summed E-state index contributed by atoms with van der Waals surface area (Å²) in [5.41, 5.74) is -0.775. The highest BCUT2D eigenvalue weighted by molar-refractivity contribution is 5.85. The average Bonchev–Trinajstić information content (AvgIpc) is 3.00. The summed E-state index contributed by atoms with van der Waals surface area (Å²) in [6, 6.07) is 19.0. The van der Waals surface area contributed by atoms with Crippen LogP contribution in [-0.4, -0.2) is 41.2 Å². The average molecular weight is 353 g/mol. The van der Waals surface area contributed by atoms with Crippen LogP contribution in [0.15, 0.2) is 60.7 Å². The summed E-state index contributed by atoms with van der Waals surface area (Å²) in [4.78, 5) is 15.3. The molecule has 1 fully saturated rings. The zero-order valence-electron chi connectivity index (χ0n) is 15.5. The Balaban J connectivity index is 1.76. The first-order chi connectivity index (χ1) is 12.5. The van der Waals surface area contributed by atoms with E-state index in [1.165, 1.54) is 12.8 Å². The van der Waals surface area contributed by atoms with Crippen molar-refractivity contribution < 1.29 is 14.6 Å². The lowest BCUT2D eigenvalue weighted by molar-refractivity contribution is -0.162. The van der Waals surface area contributed by atoms with E-state index in [0.29, 0.717) is 29.8 Å². The number of carbonyl (C=O) groups excluding carboxylic acids is 1. The normalized spacial score (nSPS) is 20.9. The van der Waals surface area contributed by atoms with Gasteiger partial charge in [-0.2, -0.15) is 0 Å². The lowest BCUT2D eigenvalue weighted by Crippen LogP contribution is -2.41. The molecule has 138 valence electrons. The summed E-state index contributed by atoms with van der Waals surface area (Å²) in [6.45, 7) is 5.37. The van der Waals surface area contributed by atoms with E-state index in [0.717, 1.165) is 0 Å². The van der Waals surface area contributed by atoms with Crippen molar-refractivity contribution in [3.8, 4) is 0 Å². The quantitative estimate of drug-likeness (QED) is 0.809. The molecular weight excluding hydrogens is 326 g/mol. The van der Waals surface area contributed by atoms with Crippen LogP contribution in [0.5, 0.6) is 0 Å². The first kappa shape index (κ1) is 18.6. The van der Waals surface area contributed by atoms with E-state index in [1.807, 2.05) is 36.4 Å². The molecule has 1 saturated heterocycles. The van der Waals surface area contributed by atoms with E-state index in [9.17, 15) is 9.90 Å². The van der Waals surface area contributed by atoms with E-state index in [1.54, 1.807) is 24.3 Å². The van der Waals surface area contributed by atoms with Crippen molar-refractivity contribution >= 4 is 5.97 Å². The van der Waals surface area contributed by atoms with Gasteiger partial charge in [-0.1, -0.05) is 60.7 Å². The summed E-state index contributed by atoms with van der Waals surface area (Å²) < 4.78 is 5.54. The molecule has 1 N–H and O–H groups in total. The van der Waals surface area contributed by atoms with E-state index < -0.39 is 11.6 Å². The van der Waals surface area contributed by atoms with Gasteiger partial charge in [-0.15, -0.1) is 0 Å². The monoisotopic (exact) mass is 353 g/mol. The van der Waals surface area contributed by atoms with Crippen molar-refractivity contribution in [1.82, 2.24) is 4.90 Å². The van der Waals surface area contributed by atoms with Gasteiger partial charge in [0.2, 0.25) is 5.60 Å². The highest BCUT2D eigenvalue weighted by atomic mass is 16.5. The van der Waals surface area contributed by atoms with E-state index in [4.69, 9.17) is 4.74 Å². The number of rotatable bonds is 6. The van der Waals surface area contributed by atoms with Crippen molar-refractivity contribution in [1.29, 1.82) is 0 Å². The minimum absolute atomic E-state index is 0.273. The molecule has 0 radical (unpaired) electrons. The van der Waals surface area contributed by atoms with Crippen LogP contribution in [0.25, 0.3) is 0 Å². The van der Waals surface area contributed by atoms with Crippen LogP contribution >= 0.6 is 0 Å². The Kier molecular flexibility index (Phi) is 5.74. The van der Waals surface area contributed by atoms with E-state index in [-0.39, 0.29) is 6.61 Å². The predicted molar refractivity (Wildman–Crippen MR) is 102 cm³/mol. The molecule has 0 aliphatic carbocycles. The van der Waals surface area contributed by atoms with Gasteiger partial charge >= 0.3 is 5.97 Å². The molecule has 0 spiro atoms. The van der Waals surface area contributed by atoms with E-state index in [2.05, 4.69) is 18.7 Å². The van der Waals surface area contributed by atoms with Gasteiger partial charge in [0.05, 0.1) is 0 Å². The zero-order valence-corrected chi connectivity index (χ0v) is 15.5. The fraction of sp³-hybridized carbons (Fsp3) is 0.409. The van der Waals surface area contributed by atoms with E-state index >= 15 is 0 Å². The summed E-state index contributed by atoms with van der Waals surface area (Å²) in [6.07, 6.45) is 2.35. The summed E-state index contributed by atoms with van der Waals surface area (Å²) in [5, 5.41) is 11.3. The van der Waals surface area contributed by atoms with Crippen LogP contribution in [0.2, 0.25) is 0 Å². The maximum Gasteiger partial charge on any atom is 0.347 e. The Bertz CT molecular complexity index is 667. The molecule has 0 amide bonds. The minimum atomic E-state index is -1.80. The largest absolute Gasteiger partial charge is 0.462 e. The van der Waals surface area contributed by atoms with Gasteiger partial charge in [-0.25, -0.2) is 4.79 Å². The number of carbonyl (C=O) groups is 1. The molecule has 4 heteroatoms. The van der Waals surface area contributed by atoms with Crippen LogP contribution in [0.3, 0.4) is 0 Å². The maximum absolute atomic E-state index is 12.9. The number of hydrogen-bond acceptors (Lipinski definition) is 4. The second-order valence-electron chi connectivity index (χ2n) is 7.09. The third-order valence-corrected chi connectivity index (χ3v) is 5.40. The lowest BCUT2D eigenvalue weighted by atomic mass is 9.86. The molecule has 1 aliphatic heterocycles. The van der Waals surface area contributed by atoms with Gasteiger partial charge in [0.1, 0.15) is 6.61 Å². The first-order valence-electron chi connectivity index (χ1n) is 9.30. The predicted octanol–water partition coefficient (Wildman–Crippen LogP) is 3.34. The second-order valence-corrected chi connectivity index (χ2v) is 7.09. The van der Waals surface area contributed by atoms with Crippen molar-refractivity contribution in [3.05, 3.63) is 71.8 Å². The molecule has 1 heterocycles. The Labute approximate surface area is 155 Å². The summed E-state index contributed by atoms with van der Waals surface area (Å²) in [7, 11) is 0. The molecule has 1 aliphatic rings. The topological polar surface area (TPSA) is 49.8 Å². The van der Waals surface area contributed by atoms with Gasteiger partial charge in [0.25, 0.3) is 0 Å². The number of hydrogen-bond donors (Lipinski definition) is 1. The number of likely N-dealkylation sites (tertiary alicyclic amines) is 1. The smallest absolute Gasteiger partial charge is 0.347 e. The number of esters is 1. The number of ether oxygens (including phenoxy) is 1. The Hall–Kier alpha value is -2.17. The minimum Gasteiger partial charge on any atom is -0.462 e. The van der Waals surface area contributed by atoms with Crippen LogP contribution < -0.4 is 0 Å². The number of nitrogens with zero attached hydrogens (tertiary/aromatic N) is 1.